The molecule has 94 valence electrons. The van der Waals surface area contributed by atoms with Crippen molar-refractivity contribution in [1.29, 1.82) is 0 Å². The van der Waals surface area contributed by atoms with Gasteiger partial charge in [0.25, 0.3) is 0 Å². The average Bonchev–Trinajstić information content (AvgIpc) is 3.00. The first-order chi connectivity index (χ1) is 7.81. The van der Waals surface area contributed by atoms with Crippen molar-refractivity contribution in [2.24, 2.45) is 0 Å². The van der Waals surface area contributed by atoms with Crippen molar-refractivity contribution in [2.75, 3.05) is 0 Å². The van der Waals surface area contributed by atoms with Crippen LogP contribution in [0.3, 0.4) is 0 Å². The zero-order valence-electron chi connectivity index (χ0n) is 11.0. The van der Waals surface area contributed by atoms with E-state index in [2.05, 4.69) is 63.2 Å². The molecule has 0 saturated carbocycles. The molecule has 0 aliphatic carbocycles. The van der Waals surface area contributed by atoms with Gasteiger partial charge in [-0.1, -0.05) is 40.0 Å². The summed E-state index contributed by atoms with van der Waals surface area (Å²) in [5.74, 6) is 0. The molecule has 0 atom stereocenters. The Morgan fingerprint density at radius 1 is 0.882 bits per heavy atom. The number of rotatable bonds is 3. The van der Waals surface area contributed by atoms with Gasteiger partial charge in [-0.15, -0.1) is 0 Å². The maximum atomic E-state index is 2.21. The zero-order chi connectivity index (χ0) is 11.8. The maximum Gasteiger partial charge on any atom is 2.00 e. The van der Waals surface area contributed by atoms with Gasteiger partial charge in [-0.25, -0.2) is 18.2 Å². The van der Waals surface area contributed by atoms with Crippen molar-refractivity contribution in [3.8, 4) is 0 Å². The van der Waals surface area contributed by atoms with E-state index in [4.69, 9.17) is 0 Å². The van der Waals surface area contributed by atoms with Gasteiger partial charge in [0.05, 0.1) is 0 Å². The van der Waals surface area contributed by atoms with Gasteiger partial charge >= 0.3 is 17.1 Å². The Morgan fingerprint density at radius 3 is 2.00 bits per heavy atom. The van der Waals surface area contributed by atoms with Crippen molar-refractivity contribution < 1.29 is 17.1 Å². The monoisotopic (exact) mass is 270 g/mol. The van der Waals surface area contributed by atoms with Gasteiger partial charge in [-0.3, -0.25) is 0 Å². The number of aryl methyl sites for hydroxylation is 3. The molecule has 17 heavy (non-hydrogen) atoms. The van der Waals surface area contributed by atoms with Crippen LogP contribution >= 0.6 is 0 Å². The van der Waals surface area contributed by atoms with Crippen molar-refractivity contribution in [1.82, 2.24) is 0 Å². The van der Waals surface area contributed by atoms with E-state index in [0.717, 1.165) is 6.42 Å². The molecule has 0 amide bonds. The van der Waals surface area contributed by atoms with Crippen LogP contribution in [-0.2, 0) is 36.3 Å². The van der Waals surface area contributed by atoms with Crippen molar-refractivity contribution >= 4 is 0 Å². The quantitative estimate of drug-likeness (QED) is 0.569. The summed E-state index contributed by atoms with van der Waals surface area (Å²) < 4.78 is 0. The first kappa shape index (κ1) is 16.2. The van der Waals surface area contributed by atoms with Crippen LogP contribution in [0.15, 0.2) is 42.5 Å². The third-order valence-electron chi connectivity index (χ3n) is 2.91. The van der Waals surface area contributed by atoms with Crippen LogP contribution in [0.25, 0.3) is 0 Å². The fourth-order valence-electron chi connectivity index (χ4n) is 1.83. The molecule has 0 N–H and O–H groups in total. The Morgan fingerprint density at radius 2 is 1.65 bits per heavy atom. The van der Waals surface area contributed by atoms with Crippen LogP contribution in [0.5, 0.6) is 0 Å². The smallest absolute Gasteiger partial charge is 0.213 e. The molecule has 0 radical (unpaired) electrons. The van der Waals surface area contributed by atoms with Gasteiger partial charge in [-0.05, 0) is 0 Å². The van der Waals surface area contributed by atoms with E-state index in [1.165, 1.54) is 29.5 Å². The summed E-state index contributed by atoms with van der Waals surface area (Å²) in [6.07, 6.45) is 3.51. The molecule has 1 heteroatoms. The van der Waals surface area contributed by atoms with Gasteiger partial charge in [0.1, 0.15) is 0 Å². The summed E-state index contributed by atoms with van der Waals surface area (Å²) in [5.41, 5.74) is 4.45. The SMILES string of the molecule is CCc1cc[cH-]c1CC.CCc1ccc[cH-]1.[Fe+2]. The summed E-state index contributed by atoms with van der Waals surface area (Å²) in [6.45, 7) is 6.57. The molecule has 0 heterocycles. The summed E-state index contributed by atoms with van der Waals surface area (Å²) >= 11 is 0. The first-order valence-electron chi connectivity index (χ1n) is 6.25. The topological polar surface area (TPSA) is 0 Å². The van der Waals surface area contributed by atoms with E-state index in [-0.39, 0.29) is 17.1 Å². The fraction of sp³-hybridized carbons (Fsp3) is 0.375. The zero-order valence-corrected chi connectivity index (χ0v) is 12.1. The second-order valence-corrected chi connectivity index (χ2v) is 3.93. The van der Waals surface area contributed by atoms with Crippen molar-refractivity contribution in [3.05, 3.63) is 59.2 Å². The predicted octanol–water partition coefficient (Wildman–Crippen LogP) is 4.50. The third-order valence-corrected chi connectivity index (χ3v) is 2.91. The maximum absolute atomic E-state index is 2.21. The van der Waals surface area contributed by atoms with Crippen molar-refractivity contribution in [3.63, 3.8) is 0 Å². The summed E-state index contributed by atoms with van der Waals surface area (Å²) in [4.78, 5) is 0. The second-order valence-electron chi connectivity index (χ2n) is 3.93. The molecule has 2 aromatic rings. The molecule has 0 aliphatic heterocycles. The van der Waals surface area contributed by atoms with E-state index in [1.54, 1.807) is 0 Å². The summed E-state index contributed by atoms with van der Waals surface area (Å²) in [7, 11) is 0. The minimum Gasteiger partial charge on any atom is -0.213 e. The van der Waals surface area contributed by atoms with Crippen LogP contribution < -0.4 is 0 Å². The van der Waals surface area contributed by atoms with Crippen LogP contribution in [0.4, 0.5) is 0 Å². The molecule has 0 unspecified atom stereocenters. The van der Waals surface area contributed by atoms with Crippen molar-refractivity contribution in [2.45, 2.75) is 40.0 Å². The van der Waals surface area contributed by atoms with Crippen LogP contribution in [-0.4, -0.2) is 0 Å². The van der Waals surface area contributed by atoms with Gasteiger partial charge < -0.3 is 0 Å². The molecule has 0 fully saturated rings. The Hall–Kier alpha value is -0.781. The van der Waals surface area contributed by atoms with Crippen LogP contribution in [0.2, 0.25) is 0 Å². The molecule has 2 aromatic carbocycles. The predicted molar refractivity (Wildman–Crippen MR) is 72.2 cm³/mol. The number of hydrogen-bond donors (Lipinski definition) is 0. The molecule has 0 saturated heterocycles. The normalized spacial score (nSPS) is 9.12. The van der Waals surface area contributed by atoms with E-state index in [0.29, 0.717) is 0 Å². The molecular formula is C16H22Fe. The Bertz CT molecular complexity index is 349. The summed E-state index contributed by atoms with van der Waals surface area (Å²) in [6, 6.07) is 15.0. The van der Waals surface area contributed by atoms with E-state index in [9.17, 15) is 0 Å². The Kier molecular flexibility index (Phi) is 8.84. The molecule has 0 bridgehead atoms. The van der Waals surface area contributed by atoms with E-state index < -0.39 is 0 Å². The largest absolute Gasteiger partial charge is 2.00 e. The van der Waals surface area contributed by atoms with E-state index >= 15 is 0 Å². The van der Waals surface area contributed by atoms with Crippen LogP contribution in [0, 0.1) is 0 Å². The molecular weight excluding hydrogens is 248 g/mol. The number of hydrogen-bond acceptors (Lipinski definition) is 0. The first-order valence-corrected chi connectivity index (χ1v) is 6.25. The molecule has 0 spiro atoms. The minimum atomic E-state index is 0. The minimum absolute atomic E-state index is 0. The third kappa shape index (κ3) is 5.39. The molecule has 0 aliphatic rings. The Balaban J connectivity index is 0.000000292. The van der Waals surface area contributed by atoms with Gasteiger partial charge in [0, 0.05) is 0 Å². The Labute approximate surface area is 116 Å². The standard InChI is InChI=1S/C9H13.C7H9.Fe/c1-3-8-6-5-7-9(8)4-2;1-2-7-5-3-4-6-7;/h5-7H,3-4H2,1-2H3;3-6H,2H2,1H3;/q2*-1;+2. The average molecular weight is 270 g/mol. The second kappa shape index (κ2) is 9.27. The van der Waals surface area contributed by atoms with Gasteiger partial charge in [0.15, 0.2) is 0 Å². The van der Waals surface area contributed by atoms with Gasteiger partial charge in [0.2, 0.25) is 0 Å². The van der Waals surface area contributed by atoms with Crippen LogP contribution in [0.1, 0.15) is 37.5 Å². The molecule has 0 nitrogen and oxygen atoms in total. The fourth-order valence-corrected chi connectivity index (χ4v) is 1.83. The molecule has 0 aromatic heterocycles. The molecule has 2 rings (SSSR count). The summed E-state index contributed by atoms with van der Waals surface area (Å²) in [5, 5.41) is 0. The van der Waals surface area contributed by atoms with E-state index in [1.807, 2.05) is 0 Å². The van der Waals surface area contributed by atoms with Gasteiger partial charge in [-0.2, -0.15) is 41.0 Å².